The predicted molar refractivity (Wildman–Crippen MR) is 82.1 cm³/mol. The Kier molecular flexibility index (Phi) is 5.90. The lowest BCUT2D eigenvalue weighted by molar-refractivity contribution is -0.143. The number of halogens is 6. The molecule has 0 aliphatic carbocycles. The van der Waals surface area contributed by atoms with Gasteiger partial charge < -0.3 is 10.1 Å². The second-order valence-corrected chi connectivity index (χ2v) is 5.46. The zero-order chi connectivity index (χ0) is 21.1. The highest BCUT2D eigenvalue weighted by Crippen LogP contribution is 2.37. The predicted octanol–water partition coefficient (Wildman–Crippen LogP) is 3.62. The SMILES string of the molecule is Cc1cnc(C(=O)OCC(=O)Nc2cc(C(F)(F)F)cc(C(F)(F)F)c2)cn1. The number of anilines is 1. The van der Waals surface area contributed by atoms with Gasteiger partial charge in [-0.2, -0.15) is 26.3 Å². The van der Waals surface area contributed by atoms with Crippen LogP contribution in [-0.2, 0) is 21.9 Å². The third kappa shape index (κ3) is 5.66. The zero-order valence-corrected chi connectivity index (χ0v) is 14.0. The summed E-state index contributed by atoms with van der Waals surface area (Å²) in [4.78, 5) is 30.9. The van der Waals surface area contributed by atoms with Crippen molar-refractivity contribution >= 4 is 17.6 Å². The van der Waals surface area contributed by atoms with Crippen molar-refractivity contribution in [2.24, 2.45) is 0 Å². The lowest BCUT2D eigenvalue weighted by Gasteiger charge is -2.14. The standard InChI is InChI=1S/C16H11F6N3O3/c1-8-5-24-12(6-23-8)14(27)28-7-13(26)25-11-3-9(15(17,18)19)2-10(4-11)16(20,21)22/h2-6H,7H2,1H3,(H,25,26). The molecular formula is C16H11F6N3O3. The fourth-order valence-electron chi connectivity index (χ4n) is 1.93. The van der Waals surface area contributed by atoms with Gasteiger partial charge in [-0.05, 0) is 25.1 Å². The number of carbonyl (C=O) groups is 2. The maximum atomic E-state index is 12.8. The number of ether oxygens (including phenoxy) is 1. The Balaban J connectivity index is 2.10. The summed E-state index contributed by atoms with van der Waals surface area (Å²) in [6.07, 6.45) is -7.77. The average Bonchev–Trinajstić information content (AvgIpc) is 2.58. The van der Waals surface area contributed by atoms with Crippen molar-refractivity contribution in [2.75, 3.05) is 11.9 Å². The fraction of sp³-hybridized carbons (Fsp3) is 0.250. The van der Waals surface area contributed by atoms with Crippen molar-refractivity contribution in [1.29, 1.82) is 0 Å². The Hall–Kier alpha value is -3.18. The number of benzene rings is 1. The van der Waals surface area contributed by atoms with Gasteiger partial charge in [0.05, 0.1) is 23.0 Å². The summed E-state index contributed by atoms with van der Waals surface area (Å²) in [6.45, 7) is 0.659. The second-order valence-electron chi connectivity index (χ2n) is 5.46. The van der Waals surface area contributed by atoms with E-state index in [-0.39, 0.29) is 11.8 Å². The highest BCUT2D eigenvalue weighted by molar-refractivity contribution is 5.94. The van der Waals surface area contributed by atoms with Crippen LogP contribution >= 0.6 is 0 Å². The number of hydrogen-bond acceptors (Lipinski definition) is 5. The smallest absolute Gasteiger partial charge is 0.416 e. The molecule has 150 valence electrons. The minimum atomic E-state index is -5.06. The number of nitrogens with zero attached hydrogens (tertiary/aromatic N) is 2. The molecule has 1 N–H and O–H groups in total. The fourth-order valence-corrected chi connectivity index (χ4v) is 1.93. The third-order valence-corrected chi connectivity index (χ3v) is 3.20. The first-order chi connectivity index (χ1) is 12.9. The normalized spacial score (nSPS) is 11.8. The van der Waals surface area contributed by atoms with Crippen LogP contribution in [0.15, 0.2) is 30.6 Å². The number of nitrogens with one attached hydrogen (secondary N) is 1. The number of hydrogen-bond donors (Lipinski definition) is 1. The molecule has 0 bridgehead atoms. The minimum absolute atomic E-state index is 0.0776. The average molecular weight is 407 g/mol. The molecule has 0 saturated carbocycles. The van der Waals surface area contributed by atoms with E-state index in [4.69, 9.17) is 0 Å². The van der Waals surface area contributed by atoms with Crippen molar-refractivity contribution < 1.29 is 40.7 Å². The van der Waals surface area contributed by atoms with Gasteiger partial charge in [-0.25, -0.2) is 9.78 Å². The summed E-state index contributed by atoms with van der Waals surface area (Å²) in [5.41, 5.74) is -3.65. The molecule has 28 heavy (non-hydrogen) atoms. The molecule has 1 amide bonds. The molecule has 0 saturated heterocycles. The Labute approximate surface area is 153 Å². The Morgan fingerprint density at radius 1 is 0.964 bits per heavy atom. The summed E-state index contributed by atoms with van der Waals surface area (Å²) in [6, 6.07) is 0.590. The first-order valence-electron chi connectivity index (χ1n) is 7.41. The molecule has 0 spiro atoms. The quantitative estimate of drug-likeness (QED) is 0.619. The topological polar surface area (TPSA) is 81.2 Å². The van der Waals surface area contributed by atoms with Gasteiger partial charge in [-0.15, -0.1) is 0 Å². The number of rotatable bonds is 4. The van der Waals surface area contributed by atoms with Crippen molar-refractivity contribution in [3.05, 3.63) is 53.1 Å². The van der Waals surface area contributed by atoms with Crippen molar-refractivity contribution in [3.63, 3.8) is 0 Å². The minimum Gasteiger partial charge on any atom is -0.451 e. The van der Waals surface area contributed by atoms with E-state index < -0.39 is 47.7 Å². The monoisotopic (exact) mass is 407 g/mol. The highest BCUT2D eigenvalue weighted by Gasteiger charge is 2.37. The van der Waals surface area contributed by atoms with E-state index in [2.05, 4.69) is 14.7 Å². The van der Waals surface area contributed by atoms with E-state index in [0.717, 1.165) is 6.20 Å². The van der Waals surface area contributed by atoms with Gasteiger partial charge in [0.15, 0.2) is 12.3 Å². The Morgan fingerprint density at radius 3 is 2.00 bits per heavy atom. The molecule has 0 radical (unpaired) electrons. The van der Waals surface area contributed by atoms with Crippen molar-refractivity contribution in [1.82, 2.24) is 9.97 Å². The molecule has 1 heterocycles. The summed E-state index contributed by atoms with van der Waals surface area (Å²) >= 11 is 0. The van der Waals surface area contributed by atoms with Crippen LogP contribution in [0.2, 0.25) is 0 Å². The highest BCUT2D eigenvalue weighted by atomic mass is 19.4. The van der Waals surface area contributed by atoms with Gasteiger partial charge >= 0.3 is 18.3 Å². The van der Waals surface area contributed by atoms with Crippen molar-refractivity contribution in [3.8, 4) is 0 Å². The van der Waals surface area contributed by atoms with Gasteiger partial charge in [0.2, 0.25) is 0 Å². The first-order valence-corrected chi connectivity index (χ1v) is 7.41. The zero-order valence-electron chi connectivity index (χ0n) is 14.0. The Bertz CT molecular complexity index is 846. The molecule has 2 aromatic rings. The van der Waals surface area contributed by atoms with Gasteiger partial charge in [-0.3, -0.25) is 9.78 Å². The van der Waals surface area contributed by atoms with E-state index in [0.29, 0.717) is 17.8 Å². The second kappa shape index (κ2) is 7.82. The lowest BCUT2D eigenvalue weighted by atomic mass is 10.1. The van der Waals surface area contributed by atoms with Crippen LogP contribution in [0.4, 0.5) is 32.0 Å². The Morgan fingerprint density at radius 2 is 1.54 bits per heavy atom. The molecule has 12 heteroatoms. The molecular weight excluding hydrogens is 396 g/mol. The molecule has 0 aliphatic rings. The van der Waals surface area contributed by atoms with Gasteiger partial charge in [0.25, 0.3) is 5.91 Å². The van der Waals surface area contributed by atoms with Crippen LogP contribution in [0.3, 0.4) is 0 Å². The van der Waals surface area contributed by atoms with Crippen LogP contribution in [0.25, 0.3) is 0 Å². The third-order valence-electron chi connectivity index (χ3n) is 3.20. The molecule has 0 atom stereocenters. The summed E-state index contributed by atoms with van der Waals surface area (Å²) in [5.74, 6) is -2.18. The van der Waals surface area contributed by atoms with Gasteiger partial charge in [0, 0.05) is 11.9 Å². The largest absolute Gasteiger partial charge is 0.451 e. The van der Waals surface area contributed by atoms with E-state index in [9.17, 15) is 35.9 Å². The van der Waals surface area contributed by atoms with E-state index in [1.807, 2.05) is 5.32 Å². The molecule has 1 aromatic carbocycles. The van der Waals surface area contributed by atoms with E-state index in [1.165, 1.54) is 6.20 Å². The van der Waals surface area contributed by atoms with Crippen LogP contribution in [0, 0.1) is 6.92 Å². The molecule has 0 unspecified atom stereocenters. The maximum absolute atomic E-state index is 12.8. The van der Waals surface area contributed by atoms with Crippen LogP contribution < -0.4 is 5.32 Å². The number of alkyl halides is 6. The summed E-state index contributed by atoms with van der Waals surface area (Å²) in [5, 5.41) is 1.83. The van der Waals surface area contributed by atoms with Gasteiger partial charge in [0.1, 0.15) is 0 Å². The van der Waals surface area contributed by atoms with Gasteiger partial charge in [-0.1, -0.05) is 0 Å². The van der Waals surface area contributed by atoms with E-state index in [1.54, 1.807) is 6.92 Å². The molecule has 0 aliphatic heterocycles. The first kappa shape index (κ1) is 21.1. The lowest BCUT2D eigenvalue weighted by Crippen LogP contribution is -2.22. The van der Waals surface area contributed by atoms with Crippen LogP contribution in [0.1, 0.15) is 27.3 Å². The number of amides is 1. The van der Waals surface area contributed by atoms with Crippen LogP contribution in [-0.4, -0.2) is 28.5 Å². The maximum Gasteiger partial charge on any atom is 0.416 e. The number of carbonyl (C=O) groups excluding carboxylic acids is 2. The summed E-state index contributed by atoms with van der Waals surface area (Å²) < 4.78 is 81.3. The van der Waals surface area contributed by atoms with E-state index >= 15 is 0 Å². The van der Waals surface area contributed by atoms with Crippen molar-refractivity contribution in [2.45, 2.75) is 19.3 Å². The molecule has 2 rings (SSSR count). The number of aryl methyl sites for hydroxylation is 1. The molecule has 1 aromatic heterocycles. The number of esters is 1. The number of aromatic nitrogens is 2. The summed E-state index contributed by atoms with van der Waals surface area (Å²) in [7, 11) is 0. The van der Waals surface area contributed by atoms with Crippen LogP contribution in [0.5, 0.6) is 0 Å². The molecule has 0 fully saturated rings. The molecule has 6 nitrogen and oxygen atoms in total.